The zero-order valence-electron chi connectivity index (χ0n) is 15.6. The number of carbonyl (C=O) groups excluding carboxylic acids is 1. The van der Waals surface area contributed by atoms with Crippen LogP contribution in [0.2, 0.25) is 0 Å². The Labute approximate surface area is 151 Å². The number of nitrogens with zero attached hydrogens (tertiary/aromatic N) is 2. The minimum absolute atomic E-state index is 0.163. The first-order valence-corrected chi connectivity index (χ1v) is 9.34. The van der Waals surface area contributed by atoms with Crippen LogP contribution in [0.5, 0.6) is 0 Å². The molecule has 0 saturated carbocycles. The number of likely N-dealkylation sites (tertiary alicyclic amines) is 1. The van der Waals surface area contributed by atoms with Gasteiger partial charge in [0.15, 0.2) is 0 Å². The van der Waals surface area contributed by atoms with E-state index in [4.69, 9.17) is 0 Å². The van der Waals surface area contributed by atoms with Gasteiger partial charge >= 0.3 is 0 Å². The number of nitrogens with one attached hydrogen (secondary N) is 1. The van der Waals surface area contributed by atoms with Gasteiger partial charge in [-0.2, -0.15) is 5.26 Å². The molecule has 134 valence electrons. The van der Waals surface area contributed by atoms with Crippen molar-refractivity contribution in [3.8, 4) is 6.07 Å². The number of carbonyl (C=O) groups is 1. The van der Waals surface area contributed by atoms with Crippen molar-refractivity contribution in [2.75, 3.05) is 5.32 Å². The van der Waals surface area contributed by atoms with E-state index in [1.807, 2.05) is 24.3 Å². The van der Waals surface area contributed by atoms with Crippen LogP contribution in [0.4, 0.5) is 5.69 Å². The number of hydrogen-bond donors (Lipinski definition) is 1. The predicted molar refractivity (Wildman–Crippen MR) is 102 cm³/mol. The quantitative estimate of drug-likeness (QED) is 0.607. The van der Waals surface area contributed by atoms with Crippen LogP contribution in [0.15, 0.2) is 36.0 Å². The van der Waals surface area contributed by atoms with E-state index in [0.717, 1.165) is 24.9 Å². The smallest absolute Gasteiger partial charge is 0.267 e. The monoisotopic (exact) mass is 339 g/mol. The van der Waals surface area contributed by atoms with Crippen LogP contribution < -0.4 is 5.32 Å². The number of piperidine rings is 1. The Morgan fingerprint density at radius 1 is 1.28 bits per heavy atom. The molecule has 4 heteroatoms. The summed E-state index contributed by atoms with van der Waals surface area (Å²) in [5, 5.41) is 12.3. The van der Waals surface area contributed by atoms with Crippen LogP contribution in [0.25, 0.3) is 0 Å². The molecule has 1 saturated heterocycles. The number of unbranched alkanes of at least 4 members (excludes halogenated alkanes) is 1. The number of anilines is 1. The fourth-order valence-electron chi connectivity index (χ4n) is 3.32. The molecule has 0 aliphatic carbocycles. The lowest BCUT2D eigenvalue weighted by Crippen LogP contribution is -2.40. The highest BCUT2D eigenvalue weighted by atomic mass is 16.1. The largest absolute Gasteiger partial charge is 0.371 e. The summed E-state index contributed by atoms with van der Waals surface area (Å²) in [5.74, 6) is -0.339. The maximum atomic E-state index is 12.5. The van der Waals surface area contributed by atoms with E-state index in [0.29, 0.717) is 12.1 Å². The Bertz CT molecular complexity index is 632. The zero-order chi connectivity index (χ0) is 18.2. The number of benzene rings is 1. The Balaban J connectivity index is 2.04. The van der Waals surface area contributed by atoms with Crippen molar-refractivity contribution >= 4 is 11.6 Å². The summed E-state index contributed by atoms with van der Waals surface area (Å²) < 4.78 is 0. The van der Waals surface area contributed by atoms with Gasteiger partial charge in [0.2, 0.25) is 0 Å². The second-order valence-electron chi connectivity index (χ2n) is 6.99. The SMILES string of the molecule is CCCCc1ccc(NC(=O)/C(C#N)=C\N2C(C)CCCC2C)cc1. The molecule has 0 aromatic heterocycles. The van der Waals surface area contributed by atoms with Gasteiger partial charge in [-0.25, -0.2) is 0 Å². The number of rotatable bonds is 6. The van der Waals surface area contributed by atoms with Crippen molar-refractivity contribution < 1.29 is 4.79 Å². The third kappa shape index (κ3) is 5.35. The van der Waals surface area contributed by atoms with E-state index in [9.17, 15) is 10.1 Å². The first-order chi connectivity index (χ1) is 12.0. The van der Waals surface area contributed by atoms with Gasteiger partial charge in [0.05, 0.1) is 0 Å². The highest BCUT2D eigenvalue weighted by Crippen LogP contribution is 2.23. The van der Waals surface area contributed by atoms with Crippen LogP contribution in [0.3, 0.4) is 0 Å². The third-order valence-corrected chi connectivity index (χ3v) is 4.94. The average molecular weight is 339 g/mol. The maximum Gasteiger partial charge on any atom is 0.267 e. The maximum absolute atomic E-state index is 12.5. The Morgan fingerprint density at radius 2 is 1.92 bits per heavy atom. The molecule has 1 N–H and O–H groups in total. The molecule has 1 heterocycles. The molecule has 0 spiro atoms. The molecule has 2 rings (SSSR count). The number of hydrogen-bond acceptors (Lipinski definition) is 3. The van der Waals surface area contributed by atoms with Gasteiger partial charge in [-0.05, 0) is 63.6 Å². The van der Waals surface area contributed by atoms with Gasteiger partial charge in [0.1, 0.15) is 11.6 Å². The lowest BCUT2D eigenvalue weighted by molar-refractivity contribution is -0.112. The van der Waals surface area contributed by atoms with E-state index in [2.05, 4.69) is 37.1 Å². The van der Waals surface area contributed by atoms with Crippen molar-refractivity contribution in [3.05, 3.63) is 41.6 Å². The van der Waals surface area contributed by atoms with Crippen molar-refractivity contribution in [2.45, 2.75) is 71.4 Å². The van der Waals surface area contributed by atoms with Gasteiger partial charge in [-0.15, -0.1) is 0 Å². The predicted octanol–water partition coefficient (Wildman–Crippen LogP) is 4.64. The van der Waals surface area contributed by atoms with Gasteiger partial charge in [-0.3, -0.25) is 4.79 Å². The van der Waals surface area contributed by atoms with Crippen molar-refractivity contribution in [3.63, 3.8) is 0 Å². The van der Waals surface area contributed by atoms with Crippen molar-refractivity contribution in [1.82, 2.24) is 4.90 Å². The first kappa shape index (κ1) is 19.1. The number of aryl methyl sites for hydroxylation is 1. The van der Waals surface area contributed by atoms with Crippen LogP contribution in [-0.2, 0) is 11.2 Å². The molecule has 1 amide bonds. The van der Waals surface area contributed by atoms with Crippen LogP contribution in [0, 0.1) is 11.3 Å². The molecule has 1 aromatic carbocycles. The fourth-order valence-corrected chi connectivity index (χ4v) is 3.32. The number of nitriles is 1. The lowest BCUT2D eigenvalue weighted by Gasteiger charge is -2.38. The standard InChI is InChI=1S/C21H29N3O/c1-4-5-9-18-10-12-20(13-11-18)23-21(25)19(14-22)15-24-16(2)7-6-8-17(24)3/h10-13,15-17H,4-9H2,1-3H3,(H,23,25)/b19-15-. The fraction of sp³-hybridized carbons (Fsp3) is 0.524. The lowest BCUT2D eigenvalue weighted by atomic mass is 9.98. The van der Waals surface area contributed by atoms with Crippen LogP contribution in [-0.4, -0.2) is 22.9 Å². The van der Waals surface area contributed by atoms with Gasteiger partial charge in [-0.1, -0.05) is 25.5 Å². The van der Waals surface area contributed by atoms with Gasteiger partial charge in [0, 0.05) is 24.0 Å². The highest BCUT2D eigenvalue weighted by molar-refractivity contribution is 6.06. The van der Waals surface area contributed by atoms with E-state index in [-0.39, 0.29) is 11.5 Å². The highest BCUT2D eigenvalue weighted by Gasteiger charge is 2.23. The van der Waals surface area contributed by atoms with Crippen molar-refractivity contribution in [1.29, 1.82) is 5.26 Å². The Kier molecular flexibility index (Phi) is 7.06. The normalized spacial score (nSPS) is 20.9. The second-order valence-corrected chi connectivity index (χ2v) is 6.99. The molecule has 1 fully saturated rings. The van der Waals surface area contributed by atoms with E-state index in [1.165, 1.54) is 24.8 Å². The summed E-state index contributed by atoms with van der Waals surface area (Å²) >= 11 is 0. The molecule has 1 aliphatic heterocycles. The summed E-state index contributed by atoms with van der Waals surface area (Å²) in [6, 6.07) is 10.7. The molecule has 2 atom stereocenters. The first-order valence-electron chi connectivity index (χ1n) is 9.34. The summed E-state index contributed by atoms with van der Waals surface area (Å²) in [7, 11) is 0. The van der Waals surface area contributed by atoms with E-state index < -0.39 is 0 Å². The third-order valence-electron chi connectivity index (χ3n) is 4.94. The molecule has 0 radical (unpaired) electrons. The molecule has 0 bridgehead atoms. The van der Waals surface area contributed by atoms with Crippen molar-refractivity contribution in [2.24, 2.45) is 0 Å². The minimum atomic E-state index is -0.339. The molecule has 1 aliphatic rings. The molecule has 4 nitrogen and oxygen atoms in total. The zero-order valence-corrected chi connectivity index (χ0v) is 15.6. The summed E-state index contributed by atoms with van der Waals surface area (Å²) in [4.78, 5) is 14.6. The summed E-state index contributed by atoms with van der Waals surface area (Å²) in [6.07, 6.45) is 8.52. The van der Waals surface area contributed by atoms with Crippen LogP contribution >= 0.6 is 0 Å². The molecular formula is C21H29N3O. The Hall–Kier alpha value is -2.28. The molecule has 1 aromatic rings. The Morgan fingerprint density at radius 3 is 2.48 bits per heavy atom. The molecule has 25 heavy (non-hydrogen) atoms. The number of amides is 1. The van der Waals surface area contributed by atoms with Gasteiger partial charge < -0.3 is 10.2 Å². The summed E-state index contributed by atoms with van der Waals surface area (Å²) in [5.41, 5.74) is 2.16. The van der Waals surface area contributed by atoms with Crippen LogP contribution in [0.1, 0.15) is 58.4 Å². The molecular weight excluding hydrogens is 310 g/mol. The molecule has 2 unspecified atom stereocenters. The van der Waals surface area contributed by atoms with E-state index in [1.54, 1.807) is 6.20 Å². The summed E-state index contributed by atoms with van der Waals surface area (Å²) in [6.45, 7) is 6.47. The van der Waals surface area contributed by atoms with E-state index >= 15 is 0 Å². The second kappa shape index (κ2) is 9.27. The topological polar surface area (TPSA) is 56.1 Å². The van der Waals surface area contributed by atoms with Gasteiger partial charge in [0.25, 0.3) is 5.91 Å². The minimum Gasteiger partial charge on any atom is -0.371 e. The average Bonchev–Trinajstić information content (AvgIpc) is 2.61.